The molecule has 2 aromatic rings. The maximum Gasteiger partial charge on any atom is 0.148 e. The summed E-state index contributed by atoms with van der Waals surface area (Å²) in [6.07, 6.45) is 3.18. The Morgan fingerprint density at radius 3 is 2.58 bits per heavy atom. The predicted octanol–water partition coefficient (Wildman–Crippen LogP) is 2.27. The molecular weight excluding hydrogens is 238 g/mol. The lowest BCUT2D eigenvalue weighted by Crippen LogP contribution is -2.36. The Morgan fingerprint density at radius 2 is 1.95 bits per heavy atom. The molecule has 2 rings (SSSR count). The van der Waals surface area contributed by atoms with Crippen LogP contribution >= 0.6 is 0 Å². The Labute approximate surface area is 115 Å². The topological polar surface area (TPSA) is 28.3 Å². The summed E-state index contributed by atoms with van der Waals surface area (Å²) in [6, 6.07) is 6.17. The van der Waals surface area contributed by atoms with Crippen LogP contribution in [-0.4, -0.2) is 56.3 Å². The molecule has 0 aliphatic rings. The molecule has 0 fully saturated rings. The summed E-state index contributed by atoms with van der Waals surface area (Å²) >= 11 is 0. The number of nitrogens with zero attached hydrogens (tertiary/aromatic N) is 2. The van der Waals surface area contributed by atoms with Crippen molar-refractivity contribution in [3.8, 4) is 5.75 Å². The zero-order valence-corrected chi connectivity index (χ0v) is 12.5. The number of rotatable bonds is 5. The second-order valence-electron chi connectivity index (χ2n) is 6.19. The number of hydrogen-bond acceptors (Lipinski definition) is 2. The molecule has 0 bridgehead atoms. The molecule has 0 unspecified atom stereocenters. The first-order valence-corrected chi connectivity index (χ1v) is 6.61. The molecule has 0 radical (unpaired) electrons. The fourth-order valence-corrected chi connectivity index (χ4v) is 2.09. The number of benzene rings is 1. The van der Waals surface area contributed by atoms with Crippen LogP contribution in [0.25, 0.3) is 10.9 Å². The Kier molecular flexibility index (Phi) is 3.83. The van der Waals surface area contributed by atoms with E-state index in [1.165, 1.54) is 16.5 Å². The summed E-state index contributed by atoms with van der Waals surface area (Å²) in [5.74, 6) is 0.878. The van der Waals surface area contributed by atoms with Crippen LogP contribution < -0.4 is 4.84 Å². The van der Waals surface area contributed by atoms with Crippen LogP contribution in [0.5, 0.6) is 5.75 Å². The minimum Gasteiger partial charge on any atom is -0.407 e. The number of quaternary nitrogens is 1. The molecule has 4 heteroatoms. The largest absolute Gasteiger partial charge is 0.407 e. The number of aromatic amines is 1. The van der Waals surface area contributed by atoms with Crippen molar-refractivity contribution in [1.29, 1.82) is 0 Å². The highest BCUT2D eigenvalue weighted by Crippen LogP contribution is 2.24. The van der Waals surface area contributed by atoms with Gasteiger partial charge < -0.3 is 14.3 Å². The van der Waals surface area contributed by atoms with Gasteiger partial charge in [-0.2, -0.15) is 5.06 Å². The summed E-state index contributed by atoms with van der Waals surface area (Å²) in [5, 5.41) is 2.97. The van der Waals surface area contributed by atoms with E-state index < -0.39 is 0 Å². The minimum absolute atomic E-state index is 0.878. The Bertz CT molecular complexity index is 552. The van der Waals surface area contributed by atoms with Gasteiger partial charge in [0.15, 0.2) is 0 Å². The quantitative estimate of drug-likeness (QED) is 0.661. The number of likely N-dealkylation sites (N-methyl/N-ethyl adjacent to an activating group) is 1. The molecule has 1 N–H and O–H groups in total. The van der Waals surface area contributed by atoms with E-state index in [4.69, 9.17) is 4.84 Å². The average Bonchev–Trinajstić information content (AvgIpc) is 2.67. The van der Waals surface area contributed by atoms with Gasteiger partial charge in [-0.15, -0.1) is 0 Å². The summed E-state index contributed by atoms with van der Waals surface area (Å²) in [5.41, 5.74) is 2.52. The monoisotopic (exact) mass is 262 g/mol. The van der Waals surface area contributed by atoms with Gasteiger partial charge in [0.05, 0.1) is 27.7 Å². The smallest absolute Gasteiger partial charge is 0.148 e. The Morgan fingerprint density at radius 1 is 1.21 bits per heavy atom. The van der Waals surface area contributed by atoms with Gasteiger partial charge in [0.1, 0.15) is 5.75 Å². The molecule has 1 aromatic carbocycles. The van der Waals surface area contributed by atoms with Crippen LogP contribution in [0.2, 0.25) is 0 Å². The molecule has 0 atom stereocenters. The predicted molar refractivity (Wildman–Crippen MR) is 79.2 cm³/mol. The standard InChI is InChI=1S/C15H24N3O/c1-17(2)19-13-6-7-15-14(10-13)12(11-16-15)8-9-18(3,4)5/h6-7,10-11,16H,8-9H2,1-5H3/q+1. The van der Waals surface area contributed by atoms with Crippen LogP contribution in [0.15, 0.2) is 24.4 Å². The molecular formula is C15H24N3O+. The third-order valence-electron chi connectivity index (χ3n) is 3.08. The lowest BCUT2D eigenvalue weighted by atomic mass is 10.1. The molecule has 1 aromatic heterocycles. The van der Waals surface area contributed by atoms with Gasteiger partial charge in [0.2, 0.25) is 0 Å². The van der Waals surface area contributed by atoms with E-state index in [-0.39, 0.29) is 0 Å². The molecule has 0 aliphatic carbocycles. The molecule has 1 heterocycles. The number of nitrogens with one attached hydrogen (secondary N) is 1. The van der Waals surface area contributed by atoms with Crippen LogP contribution in [0, 0.1) is 0 Å². The van der Waals surface area contributed by atoms with Crippen molar-refractivity contribution < 1.29 is 9.32 Å². The molecule has 0 saturated heterocycles. The first kappa shape index (κ1) is 13.9. The summed E-state index contributed by atoms with van der Waals surface area (Å²) in [6.45, 7) is 1.12. The zero-order chi connectivity index (χ0) is 14.0. The third-order valence-corrected chi connectivity index (χ3v) is 3.08. The molecule has 0 saturated carbocycles. The molecule has 104 valence electrons. The van der Waals surface area contributed by atoms with Crippen molar-refractivity contribution in [2.45, 2.75) is 6.42 Å². The summed E-state index contributed by atoms with van der Waals surface area (Å²) in [7, 11) is 10.4. The SMILES string of the molecule is CN(C)Oc1ccc2[nH]cc(CC[N+](C)(C)C)c2c1. The number of H-pyrrole nitrogens is 1. The molecule has 19 heavy (non-hydrogen) atoms. The molecule has 4 nitrogen and oxygen atoms in total. The van der Waals surface area contributed by atoms with Crippen molar-refractivity contribution in [2.75, 3.05) is 41.8 Å². The average molecular weight is 262 g/mol. The van der Waals surface area contributed by atoms with Crippen molar-refractivity contribution >= 4 is 10.9 Å². The second kappa shape index (κ2) is 5.23. The van der Waals surface area contributed by atoms with Gasteiger partial charge in [0.25, 0.3) is 0 Å². The van der Waals surface area contributed by atoms with Crippen molar-refractivity contribution in [3.63, 3.8) is 0 Å². The number of fused-ring (bicyclic) bond motifs is 1. The lowest BCUT2D eigenvalue weighted by Gasteiger charge is -2.23. The molecule has 0 aliphatic heterocycles. The van der Waals surface area contributed by atoms with E-state index in [1.807, 2.05) is 20.2 Å². The minimum atomic E-state index is 0.878. The Hall–Kier alpha value is -1.52. The highest BCUT2D eigenvalue weighted by Gasteiger charge is 2.11. The third kappa shape index (κ3) is 3.72. The van der Waals surface area contributed by atoms with Crippen molar-refractivity contribution in [1.82, 2.24) is 10.0 Å². The van der Waals surface area contributed by atoms with Crippen LogP contribution in [0.4, 0.5) is 0 Å². The van der Waals surface area contributed by atoms with Crippen LogP contribution in [0.1, 0.15) is 5.56 Å². The van der Waals surface area contributed by atoms with Crippen LogP contribution in [-0.2, 0) is 6.42 Å². The normalized spacial score (nSPS) is 12.3. The van der Waals surface area contributed by atoms with E-state index >= 15 is 0 Å². The Balaban J connectivity index is 2.24. The van der Waals surface area contributed by atoms with E-state index in [9.17, 15) is 0 Å². The molecule has 0 spiro atoms. The van der Waals surface area contributed by atoms with Crippen molar-refractivity contribution in [3.05, 3.63) is 30.0 Å². The van der Waals surface area contributed by atoms with E-state index in [0.29, 0.717) is 0 Å². The van der Waals surface area contributed by atoms with Gasteiger partial charge in [-0.25, -0.2) is 0 Å². The van der Waals surface area contributed by atoms with Gasteiger partial charge in [-0.1, -0.05) is 0 Å². The zero-order valence-electron chi connectivity index (χ0n) is 12.5. The molecule has 0 amide bonds. The first-order chi connectivity index (χ1) is 8.85. The van der Waals surface area contributed by atoms with E-state index in [2.05, 4.69) is 44.5 Å². The maximum atomic E-state index is 5.61. The summed E-state index contributed by atoms with van der Waals surface area (Å²) < 4.78 is 0.973. The maximum absolute atomic E-state index is 5.61. The lowest BCUT2D eigenvalue weighted by molar-refractivity contribution is -0.870. The fraction of sp³-hybridized carbons (Fsp3) is 0.467. The van der Waals surface area contributed by atoms with E-state index in [1.54, 1.807) is 5.06 Å². The number of aromatic nitrogens is 1. The van der Waals surface area contributed by atoms with E-state index in [0.717, 1.165) is 23.2 Å². The first-order valence-electron chi connectivity index (χ1n) is 6.61. The second-order valence-corrected chi connectivity index (χ2v) is 6.19. The highest BCUT2D eigenvalue weighted by atomic mass is 16.7. The van der Waals surface area contributed by atoms with Crippen molar-refractivity contribution in [2.24, 2.45) is 0 Å². The number of hydrogen-bond donors (Lipinski definition) is 1. The van der Waals surface area contributed by atoms with Crippen LogP contribution in [0.3, 0.4) is 0 Å². The fourth-order valence-electron chi connectivity index (χ4n) is 2.09. The van der Waals surface area contributed by atoms with Gasteiger partial charge >= 0.3 is 0 Å². The van der Waals surface area contributed by atoms with Gasteiger partial charge in [-0.3, -0.25) is 0 Å². The number of hydroxylamine groups is 2. The van der Waals surface area contributed by atoms with Gasteiger partial charge in [0, 0.05) is 37.6 Å². The highest BCUT2D eigenvalue weighted by molar-refractivity contribution is 5.84. The van der Waals surface area contributed by atoms with Gasteiger partial charge in [-0.05, 0) is 23.8 Å². The summed E-state index contributed by atoms with van der Waals surface area (Å²) in [4.78, 5) is 8.94.